The van der Waals surface area contributed by atoms with E-state index < -0.39 is 0 Å². The Bertz CT molecular complexity index is 620. The van der Waals surface area contributed by atoms with Crippen LogP contribution in [0.5, 0.6) is 5.75 Å². The first-order valence-corrected chi connectivity index (χ1v) is 9.70. The van der Waals surface area contributed by atoms with Crippen molar-refractivity contribution in [3.05, 3.63) is 29.8 Å². The second-order valence-corrected chi connectivity index (χ2v) is 7.52. The number of fused-ring (bicyclic) bond motifs is 1. The molecule has 1 saturated heterocycles. The first-order chi connectivity index (χ1) is 12.8. The van der Waals surface area contributed by atoms with Crippen molar-refractivity contribution in [3.63, 3.8) is 0 Å². The van der Waals surface area contributed by atoms with Gasteiger partial charge >= 0.3 is 0 Å². The molecule has 4 rings (SSSR count). The molecule has 0 radical (unpaired) electrons. The minimum absolute atomic E-state index is 0.0277. The van der Waals surface area contributed by atoms with Crippen molar-refractivity contribution in [2.24, 2.45) is 5.92 Å². The zero-order valence-electron chi connectivity index (χ0n) is 15.2. The van der Waals surface area contributed by atoms with Gasteiger partial charge in [-0.1, -0.05) is 18.2 Å². The van der Waals surface area contributed by atoms with E-state index in [0.717, 1.165) is 43.3 Å². The number of nitrogens with one attached hydrogen (secondary N) is 1. The van der Waals surface area contributed by atoms with Gasteiger partial charge in [-0.05, 0) is 31.2 Å². The molecule has 142 valence electrons. The Kier molecular flexibility index (Phi) is 5.72. The lowest BCUT2D eigenvalue weighted by Gasteiger charge is -2.32. The molecule has 1 saturated carbocycles. The summed E-state index contributed by atoms with van der Waals surface area (Å²) >= 11 is 0. The summed E-state index contributed by atoms with van der Waals surface area (Å²) in [6, 6.07) is 7.98. The summed E-state index contributed by atoms with van der Waals surface area (Å²) in [5, 5.41) is 3.13. The molecule has 2 fully saturated rings. The molecule has 1 amide bonds. The number of carbonyl (C=O) groups is 1. The number of ether oxygens (including phenoxy) is 3. The molecule has 0 bridgehead atoms. The van der Waals surface area contributed by atoms with Crippen LogP contribution >= 0.6 is 0 Å². The molecule has 1 N–H and O–H groups in total. The number of para-hydroxylation sites is 1. The van der Waals surface area contributed by atoms with Gasteiger partial charge in [-0.25, -0.2) is 0 Å². The van der Waals surface area contributed by atoms with Crippen molar-refractivity contribution in [2.45, 2.75) is 38.0 Å². The van der Waals surface area contributed by atoms with Crippen molar-refractivity contribution in [2.75, 3.05) is 39.5 Å². The van der Waals surface area contributed by atoms with E-state index >= 15 is 0 Å². The van der Waals surface area contributed by atoms with Gasteiger partial charge in [0.1, 0.15) is 12.4 Å². The van der Waals surface area contributed by atoms with Gasteiger partial charge in [0.2, 0.25) is 5.91 Å². The van der Waals surface area contributed by atoms with Crippen LogP contribution in [-0.2, 0) is 20.8 Å². The third-order valence-electron chi connectivity index (χ3n) is 5.28. The van der Waals surface area contributed by atoms with Gasteiger partial charge in [-0.15, -0.1) is 0 Å². The van der Waals surface area contributed by atoms with Crippen molar-refractivity contribution in [1.82, 2.24) is 10.2 Å². The topological polar surface area (TPSA) is 60.0 Å². The van der Waals surface area contributed by atoms with Crippen molar-refractivity contribution in [1.29, 1.82) is 0 Å². The van der Waals surface area contributed by atoms with Gasteiger partial charge in [-0.2, -0.15) is 0 Å². The van der Waals surface area contributed by atoms with Crippen LogP contribution in [0.25, 0.3) is 0 Å². The molecule has 3 aliphatic rings. The lowest BCUT2D eigenvalue weighted by atomic mass is 10.1. The maximum atomic E-state index is 12.6. The summed E-state index contributed by atoms with van der Waals surface area (Å²) in [6.07, 6.45) is 3.47. The Labute approximate surface area is 154 Å². The maximum Gasteiger partial charge on any atom is 0.234 e. The highest BCUT2D eigenvalue weighted by Gasteiger charge is 2.31. The molecule has 2 heterocycles. The third kappa shape index (κ3) is 4.75. The first-order valence-electron chi connectivity index (χ1n) is 9.70. The van der Waals surface area contributed by atoms with E-state index in [0.29, 0.717) is 26.4 Å². The van der Waals surface area contributed by atoms with Crippen LogP contribution in [-0.4, -0.2) is 62.5 Å². The molecular weight excluding hydrogens is 332 g/mol. The summed E-state index contributed by atoms with van der Waals surface area (Å²) in [6.45, 7) is 4.50. The van der Waals surface area contributed by atoms with Crippen LogP contribution in [0.3, 0.4) is 0 Å². The summed E-state index contributed by atoms with van der Waals surface area (Å²) < 4.78 is 17.4. The molecule has 1 aliphatic carbocycles. The van der Waals surface area contributed by atoms with Gasteiger partial charge in [-0.3, -0.25) is 9.69 Å². The summed E-state index contributed by atoms with van der Waals surface area (Å²) in [5.74, 6) is 1.68. The zero-order valence-corrected chi connectivity index (χ0v) is 15.2. The van der Waals surface area contributed by atoms with Crippen LogP contribution in [0, 0.1) is 5.92 Å². The molecule has 6 heteroatoms. The molecular formula is C20H28N2O4. The fraction of sp³-hybridized carbons (Fsp3) is 0.650. The number of carbonyl (C=O) groups excluding carboxylic acids is 1. The summed E-state index contributed by atoms with van der Waals surface area (Å²) in [5.41, 5.74) is 1.13. The molecule has 0 aromatic heterocycles. The Morgan fingerprint density at radius 2 is 2.12 bits per heavy atom. The number of benzene rings is 1. The Hall–Kier alpha value is -1.63. The van der Waals surface area contributed by atoms with Crippen LogP contribution in [0.4, 0.5) is 0 Å². The van der Waals surface area contributed by atoms with E-state index in [9.17, 15) is 4.79 Å². The first kappa shape index (κ1) is 17.8. The largest absolute Gasteiger partial charge is 0.492 e. The third-order valence-corrected chi connectivity index (χ3v) is 5.28. The Balaban J connectivity index is 1.29. The van der Waals surface area contributed by atoms with Crippen LogP contribution < -0.4 is 10.1 Å². The normalized spacial score (nSPS) is 26.5. The van der Waals surface area contributed by atoms with E-state index in [-0.39, 0.29) is 18.1 Å². The zero-order chi connectivity index (χ0) is 17.8. The fourth-order valence-electron chi connectivity index (χ4n) is 3.57. The van der Waals surface area contributed by atoms with Crippen LogP contribution in [0.1, 0.15) is 24.8 Å². The fourth-order valence-corrected chi connectivity index (χ4v) is 3.57. The lowest BCUT2D eigenvalue weighted by molar-refractivity contribution is -0.127. The number of amides is 1. The average Bonchev–Trinajstić information content (AvgIpc) is 3.47. The van der Waals surface area contributed by atoms with E-state index in [1.165, 1.54) is 12.8 Å². The predicted octanol–water partition coefficient (Wildman–Crippen LogP) is 1.58. The van der Waals surface area contributed by atoms with Crippen molar-refractivity contribution in [3.8, 4) is 5.75 Å². The minimum Gasteiger partial charge on any atom is -0.492 e. The SMILES string of the molecule is O=C(CN1CCOc2ccccc2C1)N[C@@H]1COCC[C@@H]1OCC1CC1. The number of nitrogens with zero attached hydrogens (tertiary/aromatic N) is 1. The smallest absolute Gasteiger partial charge is 0.234 e. The number of rotatable bonds is 6. The summed E-state index contributed by atoms with van der Waals surface area (Å²) in [4.78, 5) is 14.7. The van der Waals surface area contributed by atoms with Gasteiger partial charge in [0.15, 0.2) is 0 Å². The lowest BCUT2D eigenvalue weighted by Crippen LogP contribution is -2.52. The Morgan fingerprint density at radius 3 is 3.00 bits per heavy atom. The number of hydrogen-bond acceptors (Lipinski definition) is 5. The average molecular weight is 360 g/mol. The van der Waals surface area contributed by atoms with Gasteiger partial charge in [0.05, 0.1) is 25.3 Å². The molecule has 1 aromatic carbocycles. The molecule has 26 heavy (non-hydrogen) atoms. The molecule has 1 aromatic rings. The van der Waals surface area contributed by atoms with E-state index in [4.69, 9.17) is 14.2 Å². The quantitative estimate of drug-likeness (QED) is 0.835. The monoisotopic (exact) mass is 360 g/mol. The molecule has 2 aliphatic heterocycles. The molecule has 6 nitrogen and oxygen atoms in total. The predicted molar refractivity (Wildman–Crippen MR) is 97.0 cm³/mol. The van der Waals surface area contributed by atoms with Gasteiger partial charge in [0.25, 0.3) is 0 Å². The minimum atomic E-state index is -0.0504. The van der Waals surface area contributed by atoms with E-state index in [2.05, 4.69) is 16.3 Å². The summed E-state index contributed by atoms with van der Waals surface area (Å²) in [7, 11) is 0. The highest BCUT2D eigenvalue weighted by molar-refractivity contribution is 5.78. The number of hydrogen-bond donors (Lipinski definition) is 1. The molecule has 0 unspecified atom stereocenters. The van der Waals surface area contributed by atoms with E-state index in [1.807, 2.05) is 18.2 Å². The Morgan fingerprint density at radius 1 is 1.23 bits per heavy atom. The van der Waals surface area contributed by atoms with E-state index in [1.54, 1.807) is 0 Å². The van der Waals surface area contributed by atoms with Crippen LogP contribution in [0.15, 0.2) is 24.3 Å². The van der Waals surface area contributed by atoms with Crippen molar-refractivity contribution < 1.29 is 19.0 Å². The molecule has 2 atom stereocenters. The highest BCUT2D eigenvalue weighted by atomic mass is 16.5. The van der Waals surface area contributed by atoms with Crippen LogP contribution in [0.2, 0.25) is 0 Å². The highest BCUT2D eigenvalue weighted by Crippen LogP contribution is 2.30. The van der Waals surface area contributed by atoms with Crippen molar-refractivity contribution >= 4 is 5.91 Å². The second-order valence-electron chi connectivity index (χ2n) is 7.52. The van der Waals surface area contributed by atoms with Gasteiger partial charge in [0, 0.05) is 31.9 Å². The second kappa shape index (κ2) is 8.37. The van der Waals surface area contributed by atoms with Gasteiger partial charge < -0.3 is 19.5 Å². The maximum absolute atomic E-state index is 12.6. The molecule has 0 spiro atoms. The standard InChI is InChI=1S/C20H28N2O4/c23-20(12-22-8-10-25-18-4-2-1-3-16(18)11-22)21-17-14-24-9-7-19(17)26-13-15-5-6-15/h1-4,15,17,19H,5-14H2,(H,21,23)/t17-,19+/m1/s1.